The van der Waals surface area contributed by atoms with E-state index < -0.39 is 4.92 Å². The molecule has 1 aromatic carbocycles. The van der Waals surface area contributed by atoms with Crippen molar-refractivity contribution in [1.29, 1.82) is 0 Å². The number of nitro groups is 1. The van der Waals surface area contributed by atoms with Crippen molar-refractivity contribution in [2.75, 3.05) is 6.54 Å². The highest BCUT2D eigenvalue weighted by Gasteiger charge is 2.26. The lowest BCUT2D eigenvalue weighted by Gasteiger charge is -2.06. The predicted molar refractivity (Wildman–Crippen MR) is 73.9 cm³/mol. The summed E-state index contributed by atoms with van der Waals surface area (Å²) in [5, 5.41) is 15.1. The zero-order valence-corrected chi connectivity index (χ0v) is 11.4. The van der Waals surface area contributed by atoms with Crippen LogP contribution in [0.2, 0.25) is 0 Å². The maximum absolute atomic E-state index is 11.0. The molecule has 7 nitrogen and oxygen atoms in total. The smallest absolute Gasteiger partial charge is 0.353 e. The second-order valence-corrected chi connectivity index (χ2v) is 4.40. The summed E-state index contributed by atoms with van der Waals surface area (Å²) in [6, 6.07) is 7.29. The number of hydrogen-bond acceptors (Lipinski definition) is 5. The van der Waals surface area contributed by atoms with Crippen LogP contribution in [0, 0.1) is 17.0 Å². The predicted octanol–water partition coefficient (Wildman–Crippen LogP) is 1.93. The van der Waals surface area contributed by atoms with Crippen LogP contribution in [0.25, 0.3) is 0 Å². The summed E-state index contributed by atoms with van der Waals surface area (Å²) in [7, 11) is 1.61. The van der Waals surface area contributed by atoms with Crippen molar-refractivity contribution in [1.82, 2.24) is 9.78 Å². The van der Waals surface area contributed by atoms with E-state index in [1.54, 1.807) is 26.1 Å². The lowest BCUT2D eigenvalue weighted by atomic mass is 10.1. The molecule has 7 heteroatoms. The van der Waals surface area contributed by atoms with E-state index in [0.717, 1.165) is 12.0 Å². The Morgan fingerprint density at radius 2 is 2.05 bits per heavy atom. The molecular formula is C13H16N4O3. The highest BCUT2D eigenvalue weighted by Crippen LogP contribution is 2.33. The number of rotatable bonds is 5. The first-order chi connectivity index (χ1) is 9.52. The molecule has 0 unspecified atom stereocenters. The van der Waals surface area contributed by atoms with Gasteiger partial charge in [0.15, 0.2) is 0 Å². The molecule has 20 heavy (non-hydrogen) atoms. The van der Waals surface area contributed by atoms with Gasteiger partial charge in [0.2, 0.25) is 0 Å². The standard InChI is InChI=1S/C13H16N4O3/c1-9-12(17(18)19)13(16(2)15-9)20-11-5-3-10(4-6-11)7-8-14/h3-6H,7-8,14H2,1-2H3. The fraction of sp³-hybridized carbons (Fsp3) is 0.308. The van der Waals surface area contributed by atoms with Crippen LogP contribution in [-0.2, 0) is 13.5 Å². The Hall–Kier alpha value is -2.41. The van der Waals surface area contributed by atoms with Gasteiger partial charge in [-0.1, -0.05) is 12.1 Å². The van der Waals surface area contributed by atoms with Gasteiger partial charge >= 0.3 is 5.69 Å². The summed E-state index contributed by atoms with van der Waals surface area (Å²) in [6.45, 7) is 2.15. The van der Waals surface area contributed by atoms with Gasteiger partial charge in [0.05, 0.1) is 4.92 Å². The van der Waals surface area contributed by atoms with Gasteiger partial charge in [-0.3, -0.25) is 10.1 Å². The average molecular weight is 276 g/mol. The summed E-state index contributed by atoms with van der Waals surface area (Å²) in [6.07, 6.45) is 0.783. The third-order valence-corrected chi connectivity index (χ3v) is 2.89. The molecule has 0 bridgehead atoms. The molecule has 0 fully saturated rings. The SMILES string of the molecule is Cc1nn(C)c(Oc2ccc(CCN)cc2)c1[N+](=O)[O-]. The third-order valence-electron chi connectivity index (χ3n) is 2.89. The van der Waals surface area contributed by atoms with Gasteiger partial charge in [-0.05, 0) is 37.6 Å². The van der Waals surface area contributed by atoms with Crippen LogP contribution in [0.5, 0.6) is 11.6 Å². The fourth-order valence-corrected chi connectivity index (χ4v) is 1.95. The van der Waals surface area contributed by atoms with Gasteiger partial charge in [-0.25, -0.2) is 4.68 Å². The molecule has 2 aromatic rings. The zero-order chi connectivity index (χ0) is 14.7. The molecular weight excluding hydrogens is 260 g/mol. The van der Waals surface area contributed by atoms with E-state index >= 15 is 0 Å². The zero-order valence-electron chi connectivity index (χ0n) is 11.4. The third kappa shape index (κ3) is 2.77. The Balaban J connectivity index is 2.28. The molecule has 0 aliphatic heterocycles. The quantitative estimate of drug-likeness (QED) is 0.665. The molecule has 0 atom stereocenters. The van der Waals surface area contributed by atoms with E-state index in [-0.39, 0.29) is 11.6 Å². The summed E-state index contributed by atoms with van der Waals surface area (Å²) in [4.78, 5) is 10.6. The lowest BCUT2D eigenvalue weighted by molar-refractivity contribution is -0.386. The van der Waals surface area contributed by atoms with Crippen LogP contribution in [0.4, 0.5) is 5.69 Å². The van der Waals surface area contributed by atoms with Gasteiger partial charge in [-0.2, -0.15) is 5.10 Å². The molecule has 1 heterocycles. The molecule has 2 N–H and O–H groups in total. The average Bonchev–Trinajstić information content (AvgIpc) is 2.67. The first-order valence-electron chi connectivity index (χ1n) is 6.17. The molecule has 0 amide bonds. The molecule has 0 aliphatic carbocycles. The minimum absolute atomic E-state index is 0.112. The Labute approximate surface area is 116 Å². The minimum Gasteiger partial charge on any atom is -0.434 e. The van der Waals surface area contributed by atoms with E-state index in [1.807, 2.05) is 12.1 Å². The Morgan fingerprint density at radius 3 is 2.60 bits per heavy atom. The van der Waals surface area contributed by atoms with Crippen LogP contribution in [0.15, 0.2) is 24.3 Å². The number of nitrogens with two attached hydrogens (primary N) is 1. The van der Waals surface area contributed by atoms with Gasteiger partial charge in [0.25, 0.3) is 5.88 Å². The van der Waals surface area contributed by atoms with Crippen LogP contribution >= 0.6 is 0 Å². The lowest BCUT2D eigenvalue weighted by Crippen LogP contribution is -2.02. The monoisotopic (exact) mass is 276 g/mol. The van der Waals surface area contributed by atoms with E-state index in [1.165, 1.54) is 4.68 Å². The van der Waals surface area contributed by atoms with Crippen LogP contribution in [0.1, 0.15) is 11.3 Å². The maximum atomic E-state index is 11.0. The van der Waals surface area contributed by atoms with Gasteiger partial charge in [-0.15, -0.1) is 0 Å². The normalized spacial score (nSPS) is 10.6. The van der Waals surface area contributed by atoms with Crippen molar-refractivity contribution < 1.29 is 9.66 Å². The van der Waals surface area contributed by atoms with Crippen LogP contribution in [-0.4, -0.2) is 21.2 Å². The Morgan fingerprint density at radius 1 is 1.40 bits per heavy atom. The summed E-state index contributed by atoms with van der Waals surface area (Å²) < 4.78 is 6.95. The van der Waals surface area contributed by atoms with Gasteiger partial charge in [0, 0.05) is 7.05 Å². The molecule has 0 aliphatic rings. The second kappa shape index (κ2) is 5.70. The van der Waals surface area contributed by atoms with Crippen molar-refractivity contribution in [2.45, 2.75) is 13.3 Å². The molecule has 1 aromatic heterocycles. The van der Waals surface area contributed by atoms with Crippen LogP contribution < -0.4 is 10.5 Å². The summed E-state index contributed by atoms with van der Waals surface area (Å²) in [5.74, 6) is 0.649. The van der Waals surface area contributed by atoms with Gasteiger partial charge in [0.1, 0.15) is 11.4 Å². The molecule has 2 rings (SSSR count). The Kier molecular flexibility index (Phi) is 3.99. The van der Waals surface area contributed by atoms with Crippen molar-refractivity contribution in [3.8, 4) is 11.6 Å². The van der Waals surface area contributed by atoms with E-state index in [9.17, 15) is 10.1 Å². The highest BCUT2D eigenvalue weighted by atomic mass is 16.6. The fourth-order valence-electron chi connectivity index (χ4n) is 1.95. The molecule has 0 radical (unpaired) electrons. The molecule has 0 spiro atoms. The van der Waals surface area contributed by atoms with Crippen molar-refractivity contribution in [3.05, 3.63) is 45.6 Å². The van der Waals surface area contributed by atoms with E-state index in [0.29, 0.717) is 18.0 Å². The topological polar surface area (TPSA) is 96.2 Å². The molecule has 0 saturated carbocycles. The van der Waals surface area contributed by atoms with Crippen molar-refractivity contribution in [2.24, 2.45) is 12.8 Å². The highest BCUT2D eigenvalue weighted by molar-refractivity contribution is 5.47. The van der Waals surface area contributed by atoms with E-state index in [2.05, 4.69) is 5.10 Å². The van der Waals surface area contributed by atoms with Gasteiger partial charge < -0.3 is 10.5 Å². The first kappa shape index (κ1) is 14.0. The minimum atomic E-state index is -0.486. The second-order valence-electron chi connectivity index (χ2n) is 4.40. The molecule has 0 saturated heterocycles. The number of aromatic nitrogens is 2. The van der Waals surface area contributed by atoms with Crippen molar-refractivity contribution in [3.63, 3.8) is 0 Å². The van der Waals surface area contributed by atoms with Crippen LogP contribution in [0.3, 0.4) is 0 Å². The van der Waals surface area contributed by atoms with Crippen molar-refractivity contribution >= 4 is 5.69 Å². The summed E-state index contributed by atoms with van der Waals surface area (Å²) >= 11 is 0. The maximum Gasteiger partial charge on any atom is 0.353 e. The molecule has 106 valence electrons. The largest absolute Gasteiger partial charge is 0.434 e. The number of ether oxygens (including phenoxy) is 1. The Bertz CT molecular complexity index is 619. The number of aryl methyl sites for hydroxylation is 2. The number of nitrogens with zero attached hydrogens (tertiary/aromatic N) is 3. The summed E-state index contributed by atoms with van der Waals surface area (Å²) in [5.41, 5.74) is 6.79. The van der Waals surface area contributed by atoms with E-state index in [4.69, 9.17) is 10.5 Å². The number of hydrogen-bond donors (Lipinski definition) is 1. The first-order valence-corrected chi connectivity index (χ1v) is 6.17. The number of benzene rings is 1.